The van der Waals surface area contributed by atoms with E-state index in [9.17, 15) is 9.59 Å². The third-order valence-electron chi connectivity index (χ3n) is 5.03. The molecule has 0 spiro atoms. The van der Waals surface area contributed by atoms with Gasteiger partial charge in [-0.15, -0.1) is 0 Å². The first-order valence-electron chi connectivity index (χ1n) is 9.89. The number of benzene rings is 1. The molecule has 0 atom stereocenters. The third-order valence-corrected chi connectivity index (χ3v) is 5.03. The number of hydrogen-bond donors (Lipinski definition) is 0. The molecule has 0 unspecified atom stereocenters. The van der Waals surface area contributed by atoms with Crippen LogP contribution in [0.3, 0.4) is 0 Å². The van der Waals surface area contributed by atoms with Gasteiger partial charge in [0.25, 0.3) is 5.56 Å². The highest BCUT2D eigenvalue weighted by Gasteiger charge is 2.11. The lowest BCUT2D eigenvalue weighted by Gasteiger charge is -2.06. The van der Waals surface area contributed by atoms with Crippen LogP contribution in [0.4, 0.5) is 0 Å². The molecule has 0 bridgehead atoms. The molecule has 0 aliphatic carbocycles. The molecule has 0 aliphatic heterocycles. The van der Waals surface area contributed by atoms with E-state index in [4.69, 9.17) is 4.74 Å². The van der Waals surface area contributed by atoms with Crippen LogP contribution in [0.5, 0.6) is 0 Å². The Hall–Kier alpha value is -4.00. The van der Waals surface area contributed by atoms with Gasteiger partial charge in [0, 0.05) is 29.1 Å². The van der Waals surface area contributed by atoms with E-state index in [-0.39, 0.29) is 12.2 Å². The molecule has 3 aromatic heterocycles. The molecule has 7 heteroatoms. The van der Waals surface area contributed by atoms with E-state index in [1.54, 1.807) is 12.1 Å². The fraction of sp³-hybridized carbons (Fsp3) is 0.167. The number of hydrogen-bond acceptors (Lipinski definition) is 5. The van der Waals surface area contributed by atoms with Crippen LogP contribution in [0.1, 0.15) is 28.3 Å². The molecule has 4 rings (SSSR count). The van der Waals surface area contributed by atoms with E-state index >= 15 is 0 Å². The monoisotopic (exact) mass is 414 g/mol. The maximum Gasteiger partial charge on any atom is 0.331 e. The molecule has 0 saturated carbocycles. The summed E-state index contributed by atoms with van der Waals surface area (Å²) in [4.78, 5) is 29.0. The van der Waals surface area contributed by atoms with Gasteiger partial charge in [0.1, 0.15) is 12.3 Å². The van der Waals surface area contributed by atoms with Crippen LogP contribution in [0, 0.1) is 20.8 Å². The Bertz CT molecular complexity index is 1350. The topological polar surface area (TPSA) is 78.5 Å². The van der Waals surface area contributed by atoms with Crippen molar-refractivity contribution >= 4 is 17.7 Å². The number of para-hydroxylation sites is 1. The number of carbonyl (C=O) groups excluding carboxylic acids is 1. The van der Waals surface area contributed by atoms with Gasteiger partial charge in [-0.05, 0) is 51.1 Å². The highest BCUT2D eigenvalue weighted by atomic mass is 16.5. The second-order valence-corrected chi connectivity index (χ2v) is 7.22. The first-order valence-corrected chi connectivity index (χ1v) is 9.89. The van der Waals surface area contributed by atoms with E-state index in [0.29, 0.717) is 11.3 Å². The molecule has 0 N–H and O–H groups in total. The normalized spacial score (nSPS) is 11.3. The molecule has 3 heterocycles. The predicted molar refractivity (Wildman–Crippen MR) is 118 cm³/mol. The van der Waals surface area contributed by atoms with Gasteiger partial charge in [0.15, 0.2) is 0 Å². The number of rotatable bonds is 5. The number of nitrogens with zero attached hydrogens (tertiary/aromatic N) is 4. The van der Waals surface area contributed by atoms with E-state index in [1.165, 1.54) is 16.5 Å². The van der Waals surface area contributed by atoms with Gasteiger partial charge in [-0.3, -0.25) is 9.20 Å². The number of aryl methyl sites for hydroxylation is 2. The average Bonchev–Trinajstić information content (AvgIpc) is 3.04. The standard InChI is InChI=1S/C24H22N4O3/c1-16-8-7-11-22-25-19(14-23(29)27(16)22)15-31-24(30)13-12-21-17(2)26-28(18(21)3)20-9-5-4-6-10-20/h4-14H,15H2,1-3H3/b13-12+. The largest absolute Gasteiger partial charge is 0.456 e. The second kappa shape index (κ2) is 8.39. The summed E-state index contributed by atoms with van der Waals surface area (Å²) < 4.78 is 8.65. The average molecular weight is 414 g/mol. The Labute approximate surface area is 179 Å². The van der Waals surface area contributed by atoms with Gasteiger partial charge in [0.05, 0.1) is 17.1 Å². The molecular weight excluding hydrogens is 392 g/mol. The van der Waals surface area contributed by atoms with E-state index < -0.39 is 5.97 Å². The minimum Gasteiger partial charge on any atom is -0.456 e. The van der Waals surface area contributed by atoms with Crippen LogP contribution in [-0.2, 0) is 16.1 Å². The summed E-state index contributed by atoms with van der Waals surface area (Å²) in [6.45, 7) is 5.60. The van der Waals surface area contributed by atoms with Crippen molar-refractivity contribution < 1.29 is 9.53 Å². The van der Waals surface area contributed by atoms with Crippen molar-refractivity contribution in [2.24, 2.45) is 0 Å². The molecule has 156 valence electrons. The van der Waals surface area contributed by atoms with Crippen LogP contribution in [-0.4, -0.2) is 25.1 Å². The second-order valence-electron chi connectivity index (χ2n) is 7.22. The molecule has 31 heavy (non-hydrogen) atoms. The van der Waals surface area contributed by atoms with Crippen molar-refractivity contribution in [2.45, 2.75) is 27.4 Å². The first kappa shape index (κ1) is 20.3. The summed E-state index contributed by atoms with van der Waals surface area (Å²) in [5, 5.41) is 4.56. The Morgan fingerprint density at radius 1 is 1.06 bits per heavy atom. The molecule has 4 aromatic rings. The number of aromatic nitrogens is 4. The maximum absolute atomic E-state index is 12.3. The number of pyridine rings is 1. The zero-order chi connectivity index (χ0) is 22.0. The number of esters is 1. The van der Waals surface area contributed by atoms with Gasteiger partial charge >= 0.3 is 5.97 Å². The van der Waals surface area contributed by atoms with Crippen molar-refractivity contribution in [3.63, 3.8) is 0 Å². The molecule has 0 amide bonds. The lowest BCUT2D eigenvalue weighted by molar-refractivity contribution is -0.139. The Balaban J connectivity index is 1.48. The van der Waals surface area contributed by atoms with E-state index in [1.807, 2.05) is 67.9 Å². The lowest BCUT2D eigenvalue weighted by Crippen LogP contribution is -2.18. The summed E-state index contributed by atoms with van der Waals surface area (Å²) >= 11 is 0. The fourth-order valence-electron chi connectivity index (χ4n) is 3.50. The van der Waals surface area contributed by atoms with Crippen LogP contribution in [0.25, 0.3) is 17.4 Å². The van der Waals surface area contributed by atoms with Crippen LogP contribution < -0.4 is 5.56 Å². The van der Waals surface area contributed by atoms with Crippen molar-refractivity contribution in [1.29, 1.82) is 0 Å². The van der Waals surface area contributed by atoms with Gasteiger partial charge in [0.2, 0.25) is 0 Å². The summed E-state index contributed by atoms with van der Waals surface area (Å²) in [6.07, 6.45) is 3.07. The number of carbonyl (C=O) groups is 1. The smallest absolute Gasteiger partial charge is 0.331 e. The third kappa shape index (κ3) is 4.16. The van der Waals surface area contributed by atoms with Crippen molar-refractivity contribution in [1.82, 2.24) is 19.2 Å². The summed E-state index contributed by atoms with van der Waals surface area (Å²) in [7, 11) is 0. The molecule has 0 aliphatic rings. The highest BCUT2D eigenvalue weighted by molar-refractivity contribution is 5.87. The fourth-order valence-corrected chi connectivity index (χ4v) is 3.50. The first-order chi connectivity index (χ1) is 14.9. The lowest BCUT2D eigenvalue weighted by atomic mass is 10.2. The van der Waals surface area contributed by atoms with Crippen LogP contribution in [0.15, 0.2) is 65.5 Å². The van der Waals surface area contributed by atoms with Gasteiger partial charge in [-0.25, -0.2) is 14.5 Å². The van der Waals surface area contributed by atoms with E-state index in [2.05, 4.69) is 10.1 Å². The van der Waals surface area contributed by atoms with Gasteiger partial charge < -0.3 is 4.74 Å². The number of ether oxygens (including phenoxy) is 1. The van der Waals surface area contributed by atoms with Gasteiger partial charge in [-0.1, -0.05) is 24.3 Å². The van der Waals surface area contributed by atoms with E-state index in [0.717, 1.165) is 28.3 Å². The molecular formula is C24H22N4O3. The predicted octanol–water partition coefficient (Wildman–Crippen LogP) is 3.56. The van der Waals surface area contributed by atoms with Crippen molar-refractivity contribution in [3.05, 3.63) is 99.4 Å². The SMILES string of the molecule is Cc1nn(-c2ccccc2)c(C)c1/C=C/C(=O)OCc1cc(=O)n2c(C)cccc2n1. The molecule has 0 fully saturated rings. The van der Waals surface area contributed by atoms with Gasteiger partial charge in [-0.2, -0.15) is 5.10 Å². The Morgan fingerprint density at radius 2 is 1.84 bits per heavy atom. The Morgan fingerprint density at radius 3 is 2.61 bits per heavy atom. The Kier molecular flexibility index (Phi) is 5.49. The number of fused-ring (bicyclic) bond motifs is 1. The summed E-state index contributed by atoms with van der Waals surface area (Å²) in [5.74, 6) is -0.516. The minimum absolute atomic E-state index is 0.0793. The summed E-state index contributed by atoms with van der Waals surface area (Å²) in [5.41, 5.74) is 5.06. The molecule has 1 aromatic carbocycles. The quantitative estimate of drug-likeness (QED) is 0.369. The van der Waals surface area contributed by atoms with Crippen molar-refractivity contribution in [2.75, 3.05) is 0 Å². The summed E-state index contributed by atoms with van der Waals surface area (Å²) in [6, 6.07) is 16.6. The molecule has 7 nitrogen and oxygen atoms in total. The zero-order valence-corrected chi connectivity index (χ0v) is 17.6. The highest BCUT2D eigenvalue weighted by Crippen LogP contribution is 2.19. The van der Waals surface area contributed by atoms with Crippen LogP contribution in [0.2, 0.25) is 0 Å². The van der Waals surface area contributed by atoms with Crippen LogP contribution >= 0.6 is 0 Å². The minimum atomic E-state index is -0.516. The maximum atomic E-state index is 12.3. The molecule has 0 radical (unpaired) electrons. The molecule has 0 saturated heterocycles. The zero-order valence-electron chi connectivity index (χ0n) is 17.6. The van der Waals surface area contributed by atoms with Crippen molar-refractivity contribution in [3.8, 4) is 5.69 Å².